The minimum Gasteiger partial charge on any atom is -0.265 e. The third-order valence-electron chi connectivity index (χ3n) is 5.18. The molecule has 5 rings (SSSR count). The van der Waals surface area contributed by atoms with Gasteiger partial charge in [-0.05, 0) is 53.4 Å². The Morgan fingerprint density at radius 1 is 1.04 bits per heavy atom. The van der Waals surface area contributed by atoms with E-state index in [0.29, 0.717) is 11.8 Å². The van der Waals surface area contributed by atoms with Crippen molar-refractivity contribution in [3.05, 3.63) is 75.9 Å². The predicted molar refractivity (Wildman–Crippen MR) is 101 cm³/mol. The first-order valence-corrected chi connectivity index (χ1v) is 9.65. The second-order valence-electron chi connectivity index (χ2n) is 6.65. The molecule has 0 radical (unpaired) electrons. The van der Waals surface area contributed by atoms with E-state index >= 15 is 0 Å². The molecule has 3 aromatic rings. The van der Waals surface area contributed by atoms with Crippen LogP contribution in [0.2, 0.25) is 5.02 Å². The average Bonchev–Trinajstić information content (AvgIpc) is 3.29. The number of nitrogens with zero attached hydrogens (tertiary/aromatic N) is 3. The molecule has 3 unspecified atom stereocenters. The summed E-state index contributed by atoms with van der Waals surface area (Å²) in [6, 6.07) is 15.0. The van der Waals surface area contributed by atoms with Crippen LogP contribution >= 0.6 is 22.9 Å². The smallest absolute Gasteiger partial charge is 0.110 e. The molecule has 1 aliphatic carbocycles. The minimum atomic E-state index is 0.235. The highest BCUT2D eigenvalue weighted by Crippen LogP contribution is 2.52. The molecule has 124 valence electrons. The molecular formula is C20H16ClN3S. The SMILES string of the molecule is Clc1ccc(C2CC3CN=NC3c3sc(-c4ccncc4)cc32)cc1. The number of thiophene rings is 1. The van der Waals surface area contributed by atoms with Gasteiger partial charge < -0.3 is 0 Å². The summed E-state index contributed by atoms with van der Waals surface area (Å²) >= 11 is 7.95. The van der Waals surface area contributed by atoms with E-state index in [4.69, 9.17) is 11.6 Å². The maximum Gasteiger partial charge on any atom is 0.110 e. The van der Waals surface area contributed by atoms with Crippen LogP contribution in [-0.4, -0.2) is 11.5 Å². The zero-order valence-electron chi connectivity index (χ0n) is 13.5. The molecule has 5 heteroatoms. The Morgan fingerprint density at radius 2 is 1.84 bits per heavy atom. The van der Waals surface area contributed by atoms with Gasteiger partial charge in [-0.25, -0.2) is 0 Å². The number of azo groups is 1. The molecule has 0 N–H and O–H groups in total. The van der Waals surface area contributed by atoms with Crippen molar-refractivity contribution in [1.82, 2.24) is 4.98 Å². The lowest BCUT2D eigenvalue weighted by Gasteiger charge is -2.30. The lowest BCUT2D eigenvalue weighted by atomic mass is 9.75. The number of hydrogen-bond donors (Lipinski definition) is 0. The van der Waals surface area contributed by atoms with Gasteiger partial charge in [0.25, 0.3) is 0 Å². The molecule has 2 aromatic heterocycles. The van der Waals surface area contributed by atoms with Gasteiger partial charge >= 0.3 is 0 Å². The van der Waals surface area contributed by atoms with Crippen LogP contribution in [0.5, 0.6) is 0 Å². The lowest BCUT2D eigenvalue weighted by molar-refractivity contribution is 0.413. The number of rotatable bonds is 2. The molecule has 1 aromatic carbocycles. The second kappa shape index (κ2) is 6.04. The Morgan fingerprint density at radius 3 is 2.64 bits per heavy atom. The molecule has 25 heavy (non-hydrogen) atoms. The molecule has 3 heterocycles. The van der Waals surface area contributed by atoms with Crippen LogP contribution in [0.1, 0.15) is 34.4 Å². The van der Waals surface area contributed by atoms with Crippen molar-refractivity contribution in [2.45, 2.75) is 18.4 Å². The maximum absolute atomic E-state index is 6.09. The van der Waals surface area contributed by atoms with Crippen molar-refractivity contribution >= 4 is 22.9 Å². The summed E-state index contributed by atoms with van der Waals surface area (Å²) in [5, 5.41) is 9.69. The molecule has 0 fully saturated rings. The quantitative estimate of drug-likeness (QED) is 0.538. The highest BCUT2D eigenvalue weighted by atomic mass is 35.5. The molecule has 3 atom stereocenters. The van der Waals surface area contributed by atoms with Gasteiger partial charge in [0.2, 0.25) is 0 Å². The largest absolute Gasteiger partial charge is 0.265 e. The molecule has 0 amide bonds. The molecule has 3 nitrogen and oxygen atoms in total. The van der Waals surface area contributed by atoms with E-state index in [9.17, 15) is 0 Å². The first-order valence-electron chi connectivity index (χ1n) is 8.45. The third-order valence-corrected chi connectivity index (χ3v) is 6.70. The number of pyridine rings is 1. The molecular weight excluding hydrogens is 350 g/mol. The molecule has 2 aliphatic rings. The second-order valence-corrected chi connectivity index (χ2v) is 8.17. The van der Waals surface area contributed by atoms with Crippen molar-refractivity contribution in [3.8, 4) is 10.4 Å². The van der Waals surface area contributed by atoms with Crippen molar-refractivity contribution in [2.75, 3.05) is 6.54 Å². The summed E-state index contributed by atoms with van der Waals surface area (Å²) in [4.78, 5) is 6.80. The zero-order valence-corrected chi connectivity index (χ0v) is 15.0. The van der Waals surface area contributed by atoms with Gasteiger partial charge in [-0.1, -0.05) is 23.7 Å². The van der Waals surface area contributed by atoms with E-state index in [1.165, 1.54) is 26.4 Å². The van der Waals surface area contributed by atoms with Crippen LogP contribution in [0.3, 0.4) is 0 Å². The molecule has 0 spiro atoms. The van der Waals surface area contributed by atoms with Crippen LogP contribution in [0, 0.1) is 5.92 Å². The van der Waals surface area contributed by atoms with E-state index in [1.54, 1.807) is 0 Å². The van der Waals surface area contributed by atoms with Crippen LogP contribution in [-0.2, 0) is 0 Å². The van der Waals surface area contributed by atoms with Crippen LogP contribution < -0.4 is 0 Å². The average molecular weight is 366 g/mol. The number of benzene rings is 1. The van der Waals surface area contributed by atoms with Crippen LogP contribution in [0.25, 0.3) is 10.4 Å². The zero-order chi connectivity index (χ0) is 16.8. The van der Waals surface area contributed by atoms with Gasteiger partial charge in [0, 0.05) is 39.0 Å². The predicted octanol–water partition coefficient (Wildman–Crippen LogP) is 6.12. The summed E-state index contributed by atoms with van der Waals surface area (Å²) in [6.07, 6.45) is 4.80. The number of hydrogen-bond acceptors (Lipinski definition) is 4. The molecule has 1 aliphatic heterocycles. The summed E-state index contributed by atoms with van der Waals surface area (Å²) < 4.78 is 0. The normalized spacial score (nSPS) is 24.1. The van der Waals surface area contributed by atoms with E-state index in [0.717, 1.165) is 18.0 Å². The van der Waals surface area contributed by atoms with Crippen molar-refractivity contribution in [3.63, 3.8) is 0 Å². The fraction of sp³-hybridized carbons (Fsp3) is 0.250. The summed E-state index contributed by atoms with van der Waals surface area (Å²) in [7, 11) is 0. The first kappa shape index (κ1) is 15.2. The molecule has 0 saturated heterocycles. The Bertz CT molecular complexity index is 933. The Labute approximate surface area is 155 Å². The van der Waals surface area contributed by atoms with Gasteiger partial charge in [0.15, 0.2) is 0 Å². The fourth-order valence-corrected chi connectivity index (χ4v) is 5.41. The van der Waals surface area contributed by atoms with Gasteiger partial charge in [-0.2, -0.15) is 10.2 Å². The highest BCUT2D eigenvalue weighted by molar-refractivity contribution is 7.15. The van der Waals surface area contributed by atoms with Gasteiger partial charge in [0.1, 0.15) is 6.04 Å². The summed E-state index contributed by atoms with van der Waals surface area (Å²) in [6.45, 7) is 0.844. The van der Waals surface area contributed by atoms with Crippen LogP contribution in [0.15, 0.2) is 65.1 Å². The lowest BCUT2D eigenvalue weighted by Crippen LogP contribution is -2.21. The Balaban J connectivity index is 1.63. The van der Waals surface area contributed by atoms with Crippen molar-refractivity contribution in [1.29, 1.82) is 0 Å². The fourth-order valence-electron chi connectivity index (χ4n) is 3.93. The van der Waals surface area contributed by atoms with E-state index in [1.807, 2.05) is 35.9 Å². The minimum absolute atomic E-state index is 0.235. The van der Waals surface area contributed by atoms with Gasteiger partial charge in [-0.3, -0.25) is 4.98 Å². The monoisotopic (exact) mass is 365 g/mol. The maximum atomic E-state index is 6.09. The Hall–Kier alpha value is -2.04. The van der Waals surface area contributed by atoms with Crippen molar-refractivity contribution < 1.29 is 0 Å². The number of aromatic nitrogens is 1. The number of halogens is 1. The molecule has 0 saturated carbocycles. The van der Waals surface area contributed by atoms with E-state index < -0.39 is 0 Å². The Kier molecular flexibility index (Phi) is 3.68. The highest BCUT2D eigenvalue weighted by Gasteiger charge is 2.40. The van der Waals surface area contributed by atoms with E-state index in [-0.39, 0.29) is 6.04 Å². The molecule has 0 bridgehead atoms. The van der Waals surface area contributed by atoms with Gasteiger partial charge in [-0.15, -0.1) is 11.3 Å². The third kappa shape index (κ3) is 2.60. The van der Waals surface area contributed by atoms with Crippen molar-refractivity contribution in [2.24, 2.45) is 16.1 Å². The van der Waals surface area contributed by atoms with E-state index in [2.05, 4.69) is 45.5 Å². The topological polar surface area (TPSA) is 37.6 Å². The summed E-state index contributed by atoms with van der Waals surface area (Å²) in [5.74, 6) is 0.904. The standard InChI is InChI=1S/C20H16ClN3S/c21-15-3-1-12(2-4-15)16-9-14-11-23-24-19(14)20-17(16)10-18(25-20)13-5-7-22-8-6-13/h1-8,10,14,16,19H,9,11H2. The summed E-state index contributed by atoms with van der Waals surface area (Å²) in [5.41, 5.74) is 3.95. The van der Waals surface area contributed by atoms with Crippen LogP contribution in [0.4, 0.5) is 0 Å². The number of fused-ring (bicyclic) bond motifs is 3. The van der Waals surface area contributed by atoms with Gasteiger partial charge in [0.05, 0.1) is 6.54 Å². The first-order chi connectivity index (χ1) is 12.3.